The molecule has 0 spiro atoms. The van der Waals surface area contributed by atoms with Crippen molar-refractivity contribution < 1.29 is 4.74 Å². The highest BCUT2D eigenvalue weighted by atomic mass is 32.1. The van der Waals surface area contributed by atoms with Gasteiger partial charge < -0.3 is 4.74 Å². The number of rotatable bonds is 4. The zero-order chi connectivity index (χ0) is 13.8. The Morgan fingerprint density at radius 3 is 2.53 bits per heavy atom. The average Bonchev–Trinajstić information content (AvgIpc) is 2.67. The molecule has 0 saturated carbocycles. The van der Waals surface area contributed by atoms with Crippen molar-refractivity contribution in [2.75, 3.05) is 6.61 Å². The first-order valence-corrected chi connectivity index (χ1v) is 7.10. The second-order valence-corrected chi connectivity index (χ2v) is 5.17. The van der Waals surface area contributed by atoms with Crippen molar-refractivity contribution >= 4 is 24.0 Å². The second kappa shape index (κ2) is 5.89. The monoisotopic (exact) mass is 275 g/mol. The van der Waals surface area contributed by atoms with E-state index in [1.807, 2.05) is 44.2 Å². The Hall–Kier alpha value is -1.81. The highest BCUT2D eigenvalue weighted by Gasteiger charge is 2.00. The van der Waals surface area contributed by atoms with Crippen LogP contribution in [-0.4, -0.2) is 11.2 Å². The van der Waals surface area contributed by atoms with Crippen molar-refractivity contribution in [2.45, 2.75) is 20.4 Å². The van der Waals surface area contributed by atoms with E-state index in [4.69, 9.17) is 4.74 Å². The Labute approximate surface area is 116 Å². The van der Waals surface area contributed by atoms with Gasteiger partial charge in [0, 0.05) is 6.54 Å². The largest absolute Gasteiger partial charge is 0.494 e. The van der Waals surface area contributed by atoms with Crippen molar-refractivity contribution in [3.63, 3.8) is 0 Å². The molecule has 19 heavy (non-hydrogen) atoms. The summed E-state index contributed by atoms with van der Waals surface area (Å²) in [5.74, 6) is 0.842. The van der Waals surface area contributed by atoms with Gasteiger partial charge in [-0.25, -0.2) is 0 Å². The Kier molecular flexibility index (Phi) is 4.22. The number of hydrogen-bond acceptors (Lipinski definition) is 3. The minimum atomic E-state index is 0.0337. The predicted molar refractivity (Wildman–Crippen MR) is 80.2 cm³/mol. The first-order chi connectivity index (χ1) is 9.15. The first kappa shape index (κ1) is 13.6. The molecule has 1 aromatic carbocycles. The molecular formula is C15H17NO2S. The van der Waals surface area contributed by atoms with E-state index in [0.29, 0.717) is 13.2 Å². The van der Waals surface area contributed by atoms with E-state index >= 15 is 0 Å². The van der Waals surface area contributed by atoms with Gasteiger partial charge in [0.1, 0.15) is 5.75 Å². The molecule has 0 aliphatic rings. The van der Waals surface area contributed by atoms with Gasteiger partial charge >= 0.3 is 0 Å². The Morgan fingerprint density at radius 1 is 1.32 bits per heavy atom. The third-order valence-corrected chi connectivity index (χ3v) is 3.76. The molecule has 4 heteroatoms. The minimum absolute atomic E-state index is 0.0337. The quantitative estimate of drug-likeness (QED) is 0.848. The van der Waals surface area contributed by atoms with Crippen molar-refractivity contribution in [1.29, 1.82) is 0 Å². The van der Waals surface area contributed by atoms with E-state index in [9.17, 15) is 4.79 Å². The van der Waals surface area contributed by atoms with Crippen molar-refractivity contribution in [1.82, 2.24) is 4.57 Å². The summed E-state index contributed by atoms with van der Waals surface area (Å²) in [5.41, 5.74) is 1.02. The number of hydrogen-bond donors (Lipinski definition) is 0. The van der Waals surface area contributed by atoms with Crippen molar-refractivity contribution in [3.8, 4) is 5.75 Å². The molecule has 2 rings (SSSR count). The Bertz CT molecular complexity index is 710. The summed E-state index contributed by atoms with van der Waals surface area (Å²) in [7, 11) is 0. The third-order valence-electron chi connectivity index (χ3n) is 2.79. The molecule has 1 aromatic heterocycles. The molecule has 0 aliphatic heterocycles. The number of thiazole rings is 1. The molecule has 0 atom stereocenters. The van der Waals surface area contributed by atoms with Crippen LogP contribution in [0.4, 0.5) is 0 Å². The van der Waals surface area contributed by atoms with Crippen LogP contribution in [0.25, 0.3) is 12.7 Å². The molecule has 0 saturated heterocycles. The van der Waals surface area contributed by atoms with Gasteiger partial charge in [-0.05, 0) is 37.6 Å². The molecule has 0 N–H and O–H groups in total. The molecule has 0 aliphatic carbocycles. The summed E-state index contributed by atoms with van der Waals surface area (Å²) in [4.78, 5) is 12.1. The molecule has 0 fully saturated rings. The molecule has 2 aromatic rings. The maximum atomic E-state index is 12.1. The fraction of sp³-hybridized carbons (Fsp3) is 0.267. The number of benzene rings is 1. The molecule has 1 heterocycles. The predicted octanol–water partition coefficient (Wildman–Crippen LogP) is 1.57. The van der Waals surface area contributed by atoms with Gasteiger partial charge in [0.15, 0.2) is 0 Å². The van der Waals surface area contributed by atoms with Gasteiger partial charge in [-0.3, -0.25) is 9.36 Å². The summed E-state index contributed by atoms with van der Waals surface area (Å²) in [6.45, 7) is 9.11. The normalized spacial score (nSPS) is 11.8. The van der Waals surface area contributed by atoms with Gasteiger partial charge in [0.25, 0.3) is 5.56 Å². The maximum absolute atomic E-state index is 12.1. The van der Waals surface area contributed by atoms with Crippen LogP contribution in [0, 0.1) is 0 Å². The first-order valence-electron chi connectivity index (χ1n) is 6.29. The standard InChI is InChI=1S/C15H17NO2S/c1-4-16-11(3)19-14(15(16)17)10-12-6-8-13(9-7-12)18-5-2/h6-10H,3-5H2,1-2H3. The SMILES string of the molecule is C=c1sc(=Cc2ccc(OCC)cc2)c(=O)n1CC. The molecule has 0 amide bonds. The van der Waals surface area contributed by atoms with Gasteiger partial charge in [0.2, 0.25) is 0 Å². The summed E-state index contributed by atoms with van der Waals surface area (Å²) in [6.07, 6.45) is 1.89. The zero-order valence-corrected chi connectivity index (χ0v) is 12.0. The Morgan fingerprint density at radius 2 is 2.00 bits per heavy atom. The summed E-state index contributed by atoms with van der Waals surface area (Å²) >= 11 is 1.43. The van der Waals surface area contributed by atoms with Crippen LogP contribution in [0.5, 0.6) is 5.75 Å². The minimum Gasteiger partial charge on any atom is -0.494 e. The molecule has 0 bridgehead atoms. The number of ether oxygens (including phenoxy) is 1. The van der Waals surface area contributed by atoms with E-state index in [0.717, 1.165) is 20.5 Å². The van der Waals surface area contributed by atoms with Crippen LogP contribution in [0.15, 0.2) is 29.1 Å². The van der Waals surface area contributed by atoms with Crippen LogP contribution in [0.3, 0.4) is 0 Å². The van der Waals surface area contributed by atoms with Gasteiger partial charge in [-0.2, -0.15) is 0 Å². The lowest BCUT2D eigenvalue weighted by molar-refractivity contribution is 0.340. The second-order valence-electron chi connectivity index (χ2n) is 4.06. The third kappa shape index (κ3) is 2.96. The highest BCUT2D eigenvalue weighted by molar-refractivity contribution is 7.07. The van der Waals surface area contributed by atoms with E-state index in [1.165, 1.54) is 11.3 Å². The Balaban J connectivity index is 2.41. The van der Waals surface area contributed by atoms with Crippen LogP contribution in [0.1, 0.15) is 19.4 Å². The van der Waals surface area contributed by atoms with Crippen LogP contribution in [-0.2, 0) is 6.54 Å². The molecular weight excluding hydrogens is 258 g/mol. The van der Waals surface area contributed by atoms with Crippen LogP contribution in [0.2, 0.25) is 0 Å². The number of nitrogens with zero attached hydrogens (tertiary/aromatic N) is 1. The van der Waals surface area contributed by atoms with Crippen LogP contribution >= 0.6 is 11.3 Å². The summed E-state index contributed by atoms with van der Waals surface area (Å²) < 4.78 is 8.59. The van der Waals surface area contributed by atoms with E-state index in [1.54, 1.807) is 4.57 Å². The lowest BCUT2D eigenvalue weighted by atomic mass is 10.2. The van der Waals surface area contributed by atoms with Gasteiger partial charge in [0.05, 0.1) is 15.8 Å². The fourth-order valence-electron chi connectivity index (χ4n) is 1.86. The van der Waals surface area contributed by atoms with E-state index < -0.39 is 0 Å². The van der Waals surface area contributed by atoms with E-state index in [2.05, 4.69) is 6.58 Å². The molecule has 100 valence electrons. The highest BCUT2D eigenvalue weighted by Crippen LogP contribution is 2.12. The average molecular weight is 275 g/mol. The lowest BCUT2D eigenvalue weighted by Crippen LogP contribution is -2.30. The molecule has 0 unspecified atom stereocenters. The zero-order valence-electron chi connectivity index (χ0n) is 11.2. The summed E-state index contributed by atoms with van der Waals surface area (Å²) in [5, 5.41) is 0. The topological polar surface area (TPSA) is 31.2 Å². The molecule has 0 radical (unpaired) electrons. The van der Waals surface area contributed by atoms with E-state index in [-0.39, 0.29) is 5.56 Å². The van der Waals surface area contributed by atoms with Crippen molar-refractivity contribution in [2.24, 2.45) is 0 Å². The summed E-state index contributed by atoms with van der Waals surface area (Å²) in [6, 6.07) is 7.71. The van der Waals surface area contributed by atoms with Crippen LogP contribution < -0.4 is 19.5 Å². The fourth-order valence-corrected chi connectivity index (χ4v) is 2.83. The maximum Gasteiger partial charge on any atom is 0.269 e. The van der Waals surface area contributed by atoms with Gasteiger partial charge in [-0.1, -0.05) is 18.7 Å². The van der Waals surface area contributed by atoms with Crippen molar-refractivity contribution in [3.05, 3.63) is 49.4 Å². The lowest BCUT2D eigenvalue weighted by Gasteiger charge is -2.01. The molecule has 3 nitrogen and oxygen atoms in total. The number of aromatic nitrogens is 1. The van der Waals surface area contributed by atoms with Gasteiger partial charge in [-0.15, -0.1) is 11.3 Å². The smallest absolute Gasteiger partial charge is 0.269 e.